The van der Waals surface area contributed by atoms with Crippen molar-refractivity contribution >= 4 is 17.5 Å². The van der Waals surface area contributed by atoms with Gasteiger partial charge in [-0.25, -0.2) is 0 Å². The van der Waals surface area contributed by atoms with E-state index < -0.39 is 6.04 Å². The summed E-state index contributed by atoms with van der Waals surface area (Å²) in [6.45, 7) is 2.10. The van der Waals surface area contributed by atoms with Gasteiger partial charge in [0.1, 0.15) is 12.6 Å². The van der Waals surface area contributed by atoms with Crippen LogP contribution in [0.4, 0.5) is 0 Å². The molecule has 134 valence electrons. The summed E-state index contributed by atoms with van der Waals surface area (Å²) in [6, 6.07) is 16.4. The van der Waals surface area contributed by atoms with E-state index in [9.17, 15) is 4.79 Å². The fourth-order valence-corrected chi connectivity index (χ4v) is 2.53. The van der Waals surface area contributed by atoms with E-state index in [0.29, 0.717) is 23.3 Å². The Balaban J connectivity index is 1.51. The maximum Gasteiger partial charge on any atom is 0.249 e. The van der Waals surface area contributed by atoms with Gasteiger partial charge >= 0.3 is 0 Å². The lowest BCUT2D eigenvalue weighted by Crippen LogP contribution is -2.30. The van der Waals surface area contributed by atoms with Crippen molar-refractivity contribution in [3.63, 3.8) is 0 Å². The van der Waals surface area contributed by atoms with Crippen LogP contribution in [0.2, 0.25) is 5.02 Å². The second kappa shape index (κ2) is 8.60. The molecule has 1 unspecified atom stereocenters. The van der Waals surface area contributed by atoms with Crippen molar-refractivity contribution in [1.82, 2.24) is 15.5 Å². The van der Waals surface area contributed by atoms with E-state index in [1.807, 2.05) is 42.5 Å². The highest BCUT2D eigenvalue weighted by atomic mass is 35.5. The second-order valence-corrected chi connectivity index (χ2v) is 6.17. The topological polar surface area (TPSA) is 77.2 Å². The number of hydrogen-bond donors (Lipinski definition) is 1. The molecule has 0 aliphatic rings. The van der Waals surface area contributed by atoms with Crippen LogP contribution >= 0.6 is 11.6 Å². The molecule has 0 fully saturated rings. The standard InChI is InChI=1S/C19H18ClN3O3/c1-13(21-17(24)12-25-11-14-6-3-2-4-7-14)19-22-18(23-26-19)15-8-5-9-16(20)10-15/h2-10,13H,11-12H2,1H3,(H,21,24). The van der Waals surface area contributed by atoms with Gasteiger partial charge in [-0.3, -0.25) is 4.79 Å². The Morgan fingerprint density at radius 2 is 2.04 bits per heavy atom. The molecule has 0 spiro atoms. The average Bonchev–Trinajstić information content (AvgIpc) is 3.13. The first-order valence-electron chi connectivity index (χ1n) is 8.12. The Morgan fingerprint density at radius 1 is 1.23 bits per heavy atom. The van der Waals surface area contributed by atoms with Crippen LogP contribution in [0.3, 0.4) is 0 Å². The van der Waals surface area contributed by atoms with Gasteiger partial charge < -0.3 is 14.6 Å². The molecule has 0 aliphatic carbocycles. The van der Waals surface area contributed by atoms with Gasteiger partial charge in [-0.1, -0.05) is 59.2 Å². The van der Waals surface area contributed by atoms with Crippen molar-refractivity contribution < 1.29 is 14.1 Å². The molecule has 7 heteroatoms. The number of benzene rings is 2. The van der Waals surface area contributed by atoms with E-state index in [-0.39, 0.29) is 12.5 Å². The molecule has 1 amide bonds. The number of carbonyl (C=O) groups is 1. The molecule has 1 aromatic heterocycles. The van der Waals surface area contributed by atoms with E-state index >= 15 is 0 Å². The molecule has 3 aromatic rings. The first-order valence-corrected chi connectivity index (χ1v) is 8.50. The summed E-state index contributed by atoms with van der Waals surface area (Å²) in [7, 11) is 0. The Morgan fingerprint density at radius 3 is 2.81 bits per heavy atom. The summed E-state index contributed by atoms with van der Waals surface area (Å²) < 4.78 is 10.6. The Kier molecular flexibility index (Phi) is 5.99. The molecule has 0 radical (unpaired) electrons. The Labute approximate surface area is 156 Å². The molecule has 0 saturated heterocycles. The first-order chi connectivity index (χ1) is 12.6. The van der Waals surface area contributed by atoms with Gasteiger partial charge in [0.05, 0.1) is 6.61 Å². The molecule has 3 rings (SSSR count). The highest BCUT2D eigenvalue weighted by Crippen LogP contribution is 2.21. The molecule has 1 atom stereocenters. The maximum absolute atomic E-state index is 12.0. The summed E-state index contributed by atoms with van der Waals surface area (Å²) in [6.07, 6.45) is 0. The average molecular weight is 372 g/mol. The van der Waals surface area contributed by atoms with Crippen LogP contribution in [0.15, 0.2) is 59.1 Å². The van der Waals surface area contributed by atoms with Crippen molar-refractivity contribution in [2.45, 2.75) is 19.6 Å². The van der Waals surface area contributed by atoms with Gasteiger partial charge in [0.2, 0.25) is 17.6 Å². The summed E-state index contributed by atoms with van der Waals surface area (Å²) >= 11 is 5.97. The van der Waals surface area contributed by atoms with Crippen LogP contribution in [-0.4, -0.2) is 22.7 Å². The number of nitrogens with one attached hydrogen (secondary N) is 1. The third-order valence-corrected chi connectivity index (χ3v) is 3.85. The lowest BCUT2D eigenvalue weighted by atomic mass is 10.2. The molecular weight excluding hydrogens is 354 g/mol. The van der Waals surface area contributed by atoms with E-state index in [2.05, 4.69) is 15.5 Å². The summed E-state index contributed by atoms with van der Waals surface area (Å²) in [4.78, 5) is 16.3. The number of carbonyl (C=O) groups excluding carboxylic acids is 1. The largest absolute Gasteiger partial charge is 0.367 e. The SMILES string of the molecule is CC(NC(=O)COCc1ccccc1)c1nc(-c2cccc(Cl)c2)no1. The van der Waals surface area contributed by atoms with Gasteiger partial charge in [-0.15, -0.1) is 0 Å². The number of halogens is 1. The zero-order valence-corrected chi connectivity index (χ0v) is 14.9. The molecule has 1 N–H and O–H groups in total. The first kappa shape index (κ1) is 18.1. The van der Waals surface area contributed by atoms with E-state index in [0.717, 1.165) is 11.1 Å². The smallest absolute Gasteiger partial charge is 0.249 e. The predicted octanol–water partition coefficient (Wildman–Crippen LogP) is 3.78. The summed E-state index contributed by atoms with van der Waals surface area (Å²) in [5.41, 5.74) is 1.76. The summed E-state index contributed by atoms with van der Waals surface area (Å²) in [5, 5.41) is 7.29. The fourth-order valence-electron chi connectivity index (χ4n) is 2.34. The van der Waals surface area contributed by atoms with Crippen molar-refractivity contribution in [2.75, 3.05) is 6.61 Å². The minimum atomic E-state index is -0.428. The quantitative estimate of drug-likeness (QED) is 0.683. The number of aromatic nitrogens is 2. The van der Waals surface area contributed by atoms with Crippen LogP contribution < -0.4 is 5.32 Å². The molecule has 26 heavy (non-hydrogen) atoms. The molecule has 0 saturated carbocycles. The maximum atomic E-state index is 12.0. The second-order valence-electron chi connectivity index (χ2n) is 5.73. The van der Waals surface area contributed by atoms with E-state index in [1.54, 1.807) is 19.1 Å². The minimum Gasteiger partial charge on any atom is -0.367 e. The van der Waals surface area contributed by atoms with Gasteiger partial charge in [0.25, 0.3) is 0 Å². The van der Waals surface area contributed by atoms with Gasteiger partial charge in [-0.2, -0.15) is 4.98 Å². The van der Waals surface area contributed by atoms with Crippen molar-refractivity contribution in [3.8, 4) is 11.4 Å². The third-order valence-electron chi connectivity index (χ3n) is 3.62. The lowest BCUT2D eigenvalue weighted by Gasteiger charge is -2.10. The number of amides is 1. The summed E-state index contributed by atoms with van der Waals surface area (Å²) in [5.74, 6) is 0.483. The highest BCUT2D eigenvalue weighted by molar-refractivity contribution is 6.30. The van der Waals surface area contributed by atoms with Crippen LogP contribution in [0, 0.1) is 0 Å². The fraction of sp³-hybridized carbons (Fsp3) is 0.211. The van der Waals surface area contributed by atoms with Crippen LogP contribution in [0.25, 0.3) is 11.4 Å². The van der Waals surface area contributed by atoms with Crippen molar-refractivity contribution in [3.05, 3.63) is 71.1 Å². The minimum absolute atomic E-state index is 0.0471. The molecule has 0 aliphatic heterocycles. The zero-order chi connectivity index (χ0) is 18.4. The van der Waals surface area contributed by atoms with Crippen LogP contribution in [-0.2, 0) is 16.1 Å². The van der Waals surface area contributed by atoms with Crippen molar-refractivity contribution in [1.29, 1.82) is 0 Å². The Hall–Kier alpha value is -2.70. The molecule has 1 heterocycles. The molecule has 2 aromatic carbocycles. The van der Waals surface area contributed by atoms with E-state index in [1.165, 1.54) is 0 Å². The van der Waals surface area contributed by atoms with Gasteiger partial charge in [0.15, 0.2) is 0 Å². The number of ether oxygens (including phenoxy) is 1. The monoisotopic (exact) mass is 371 g/mol. The third kappa shape index (κ3) is 4.91. The van der Waals surface area contributed by atoms with Gasteiger partial charge in [-0.05, 0) is 24.6 Å². The molecular formula is C19H18ClN3O3. The van der Waals surface area contributed by atoms with E-state index in [4.69, 9.17) is 20.9 Å². The number of rotatable bonds is 7. The van der Waals surface area contributed by atoms with Gasteiger partial charge in [0, 0.05) is 10.6 Å². The number of hydrogen-bond acceptors (Lipinski definition) is 5. The highest BCUT2D eigenvalue weighted by Gasteiger charge is 2.17. The lowest BCUT2D eigenvalue weighted by molar-refractivity contribution is -0.126. The predicted molar refractivity (Wildman–Crippen MR) is 97.4 cm³/mol. The Bertz CT molecular complexity index is 867. The zero-order valence-electron chi connectivity index (χ0n) is 14.2. The van der Waals surface area contributed by atoms with Crippen LogP contribution in [0.1, 0.15) is 24.4 Å². The molecule has 0 bridgehead atoms. The van der Waals surface area contributed by atoms with Crippen molar-refractivity contribution in [2.24, 2.45) is 0 Å². The van der Waals surface area contributed by atoms with Crippen LogP contribution in [0.5, 0.6) is 0 Å². The normalized spacial score (nSPS) is 11.9. The number of nitrogens with zero attached hydrogens (tertiary/aromatic N) is 2. The molecule has 6 nitrogen and oxygen atoms in total.